The average molecular weight is 937 g/mol. The van der Waals surface area contributed by atoms with E-state index in [9.17, 15) is 5.26 Å². The first-order valence-corrected chi connectivity index (χ1v) is 24.6. The van der Waals surface area contributed by atoms with E-state index in [4.69, 9.17) is 19.9 Å². The lowest BCUT2D eigenvalue weighted by Crippen LogP contribution is -2.05. The van der Waals surface area contributed by atoms with Crippen molar-refractivity contribution in [1.29, 1.82) is 5.26 Å². The molecule has 9 aromatic carbocycles. The maximum absolute atomic E-state index is 11.1. The summed E-state index contributed by atoms with van der Waals surface area (Å²) in [5.74, 6) is 1.15. The highest BCUT2D eigenvalue weighted by atomic mass is 15.0. The van der Waals surface area contributed by atoms with Gasteiger partial charge in [0.2, 0.25) is 0 Å². The lowest BCUT2D eigenvalue weighted by Gasteiger charge is -2.20. The van der Waals surface area contributed by atoms with Crippen molar-refractivity contribution in [3.8, 4) is 102 Å². The molecule has 346 valence electrons. The van der Waals surface area contributed by atoms with E-state index in [1.54, 1.807) is 0 Å². The SMILES string of the molecule is Cc1cc(C)cc(-c2ccc3c(c2)c2cc(-c4cc(C)cc(C)c4)ccc2n3-c2c(-c3cc(-c4ccccc4)nc(-c4ccccc4)n3)cc(C#N)cc2-c2cc(-c3ccccc3)nc(-c3ccccc3)n2)c1. The van der Waals surface area contributed by atoms with E-state index in [-0.39, 0.29) is 0 Å². The third kappa shape index (κ3) is 8.64. The predicted molar refractivity (Wildman–Crippen MR) is 299 cm³/mol. The molecule has 0 N–H and O–H groups in total. The molecule has 73 heavy (non-hydrogen) atoms. The monoisotopic (exact) mass is 936 g/mol. The van der Waals surface area contributed by atoms with Crippen molar-refractivity contribution in [2.45, 2.75) is 27.7 Å². The molecule has 6 heteroatoms. The Bertz CT molecular complexity index is 3700. The highest BCUT2D eigenvalue weighted by Gasteiger charge is 2.26. The topological polar surface area (TPSA) is 80.3 Å². The van der Waals surface area contributed by atoms with Crippen LogP contribution in [-0.4, -0.2) is 24.5 Å². The van der Waals surface area contributed by atoms with Crippen LogP contribution in [0.15, 0.2) is 218 Å². The molecule has 0 radical (unpaired) electrons. The van der Waals surface area contributed by atoms with Gasteiger partial charge in [0.15, 0.2) is 11.6 Å². The lowest BCUT2D eigenvalue weighted by molar-refractivity contribution is 1.14. The van der Waals surface area contributed by atoms with Gasteiger partial charge in [-0.25, -0.2) is 19.9 Å². The molecule has 0 spiro atoms. The van der Waals surface area contributed by atoms with Crippen molar-refractivity contribution in [2.24, 2.45) is 0 Å². The molecule has 0 aliphatic rings. The van der Waals surface area contributed by atoms with E-state index in [2.05, 4.69) is 148 Å². The molecule has 3 heterocycles. The molecule has 0 bridgehead atoms. The number of benzene rings is 9. The van der Waals surface area contributed by atoms with Gasteiger partial charge in [-0.3, -0.25) is 0 Å². The molecule has 0 fully saturated rings. The van der Waals surface area contributed by atoms with E-state index < -0.39 is 0 Å². The van der Waals surface area contributed by atoms with E-state index >= 15 is 0 Å². The summed E-state index contributed by atoms with van der Waals surface area (Å²) in [4.78, 5) is 21.3. The Balaban J connectivity index is 1.24. The van der Waals surface area contributed by atoms with Gasteiger partial charge >= 0.3 is 0 Å². The van der Waals surface area contributed by atoms with Gasteiger partial charge in [0, 0.05) is 44.2 Å². The average Bonchev–Trinajstić information content (AvgIpc) is 3.75. The predicted octanol–water partition coefficient (Wildman–Crippen LogP) is 16.8. The molecule has 0 aliphatic heterocycles. The Kier molecular flexibility index (Phi) is 11.4. The minimum Gasteiger partial charge on any atom is -0.308 e. The first-order valence-electron chi connectivity index (χ1n) is 24.6. The Morgan fingerprint density at radius 1 is 0.329 bits per heavy atom. The van der Waals surface area contributed by atoms with Gasteiger partial charge in [0.05, 0.1) is 51.1 Å². The minimum absolute atomic E-state index is 0.464. The van der Waals surface area contributed by atoms with Gasteiger partial charge in [-0.2, -0.15) is 5.26 Å². The summed E-state index contributed by atoms with van der Waals surface area (Å²) in [7, 11) is 0. The van der Waals surface area contributed by atoms with Crippen molar-refractivity contribution in [1.82, 2.24) is 24.5 Å². The van der Waals surface area contributed by atoms with Gasteiger partial charge in [0.25, 0.3) is 0 Å². The fourth-order valence-electron chi connectivity index (χ4n) is 10.4. The molecule has 0 unspecified atom stereocenters. The summed E-state index contributed by atoms with van der Waals surface area (Å²) in [6.45, 7) is 8.63. The van der Waals surface area contributed by atoms with E-state index in [1.165, 1.54) is 22.3 Å². The zero-order chi connectivity index (χ0) is 49.6. The zero-order valence-electron chi connectivity index (χ0n) is 41.0. The van der Waals surface area contributed by atoms with Crippen molar-refractivity contribution in [2.75, 3.05) is 0 Å². The van der Waals surface area contributed by atoms with Gasteiger partial charge in [0.1, 0.15) is 0 Å². The highest BCUT2D eigenvalue weighted by Crippen LogP contribution is 2.45. The standard InChI is InChI=1S/C67H48N6/c1-42-29-43(2)32-53(31-42)51-25-27-63-55(37-51)56-38-52(54-33-44(3)30-45(4)34-54)26-28-64(56)73(63)65-57(61-39-59(47-17-9-5-10-18-47)69-66(71-61)49-21-13-7-14-22-49)35-46(41-68)36-58(65)62-40-60(48-19-11-6-12-20-48)70-67(72-62)50-23-15-8-16-24-50/h5-40H,1-4H3. The van der Waals surface area contributed by atoms with Crippen LogP contribution >= 0.6 is 0 Å². The smallest absolute Gasteiger partial charge is 0.160 e. The summed E-state index contributed by atoms with van der Waals surface area (Å²) in [5, 5.41) is 13.3. The molecular formula is C67H48N6. The number of hydrogen-bond donors (Lipinski definition) is 0. The Labute approximate surface area is 425 Å². The maximum atomic E-state index is 11.1. The summed E-state index contributed by atoms with van der Waals surface area (Å²) < 4.78 is 2.37. The fourth-order valence-corrected chi connectivity index (χ4v) is 10.4. The molecule has 12 aromatic rings. The van der Waals surface area contributed by atoms with Crippen LogP contribution in [-0.2, 0) is 0 Å². The Hall–Kier alpha value is -9.57. The first-order chi connectivity index (χ1) is 35.7. The number of hydrogen-bond acceptors (Lipinski definition) is 5. The summed E-state index contributed by atoms with van der Waals surface area (Å²) in [6, 6.07) is 78.4. The first kappa shape index (κ1) is 44.6. The number of aryl methyl sites for hydroxylation is 4. The second-order valence-electron chi connectivity index (χ2n) is 19.0. The summed E-state index contributed by atoms with van der Waals surface area (Å²) in [5.41, 5.74) is 20.7. The zero-order valence-corrected chi connectivity index (χ0v) is 41.0. The minimum atomic E-state index is 0.464. The van der Waals surface area contributed by atoms with Crippen molar-refractivity contribution < 1.29 is 0 Å². The largest absolute Gasteiger partial charge is 0.308 e. The van der Waals surface area contributed by atoms with Crippen LogP contribution in [0.5, 0.6) is 0 Å². The molecule has 3 aromatic heterocycles. The van der Waals surface area contributed by atoms with Gasteiger partial charge in [-0.05, 0) is 98.5 Å². The normalized spacial score (nSPS) is 11.3. The molecule has 0 amide bonds. The van der Waals surface area contributed by atoms with Crippen molar-refractivity contribution in [3.05, 3.63) is 246 Å². The number of rotatable bonds is 9. The molecular weight excluding hydrogens is 889 g/mol. The number of nitriles is 1. The highest BCUT2D eigenvalue weighted by molar-refractivity contribution is 6.13. The van der Waals surface area contributed by atoms with Crippen molar-refractivity contribution >= 4 is 21.8 Å². The van der Waals surface area contributed by atoms with Crippen LogP contribution in [0.4, 0.5) is 0 Å². The second-order valence-corrected chi connectivity index (χ2v) is 19.0. The van der Waals surface area contributed by atoms with Gasteiger partial charge in [-0.1, -0.05) is 192 Å². The maximum Gasteiger partial charge on any atom is 0.160 e. The molecule has 12 rings (SSSR count). The van der Waals surface area contributed by atoms with Gasteiger partial charge in [-0.15, -0.1) is 0 Å². The van der Waals surface area contributed by atoms with Crippen LogP contribution in [0.2, 0.25) is 0 Å². The Morgan fingerprint density at radius 2 is 0.685 bits per heavy atom. The Morgan fingerprint density at radius 3 is 1.05 bits per heavy atom. The summed E-state index contributed by atoms with van der Waals surface area (Å²) in [6.07, 6.45) is 0. The van der Waals surface area contributed by atoms with E-state index in [1.807, 2.05) is 109 Å². The molecule has 0 saturated carbocycles. The van der Waals surface area contributed by atoms with Crippen LogP contribution in [0.3, 0.4) is 0 Å². The quantitative estimate of drug-likeness (QED) is 0.144. The summed E-state index contributed by atoms with van der Waals surface area (Å²) >= 11 is 0. The third-order valence-corrected chi connectivity index (χ3v) is 13.5. The van der Waals surface area contributed by atoms with Gasteiger partial charge < -0.3 is 4.57 Å². The molecule has 0 saturated heterocycles. The number of nitrogens with zero attached hydrogens (tertiary/aromatic N) is 6. The number of fused-ring (bicyclic) bond motifs is 3. The van der Waals surface area contributed by atoms with Crippen molar-refractivity contribution in [3.63, 3.8) is 0 Å². The fraction of sp³-hybridized carbons (Fsp3) is 0.0597. The van der Waals surface area contributed by atoms with Crippen LogP contribution in [0, 0.1) is 39.0 Å². The van der Waals surface area contributed by atoms with E-state index in [0.29, 0.717) is 28.6 Å². The second kappa shape index (κ2) is 18.6. The number of aromatic nitrogens is 5. The third-order valence-electron chi connectivity index (χ3n) is 13.5. The molecule has 0 aliphatic carbocycles. The van der Waals surface area contributed by atoms with Crippen LogP contribution in [0.1, 0.15) is 27.8 Å². The molecule has 0 atom stereocenters. The molecule has 6 nitrogen and oxygen atoms in total. The lowest BCUT2D eigenvalue weighted by atomic mass is 9.95. The van der Waals surface area contributed by atoms with Crippen LogP contribution < -0.4 is 0 Å². The van der Waals surface area contributed by atoms with Crippen LogP contribution in [0.25, 0.3) is 118 Å². The van der Waals surface area contributed by atoms with E-state index in [0.717, 1.165) is 94.5 Å².